The first kappa shape index (κ1) is 18.6. The van der Waals surface area contributed by atoms with Crippen molar-refractivity contribution in [2.24, 2.45) is 0 Å². The summed E-state index contributed by atoms with van der Waals surface area (Å²) in [4.78, 5) is 29.8. The number of carbonyl (C=O) groups excluding carboxylic acids is 2. The minimum absolute atomic E-state index is 0.00216. The molecular formula is C18H25N5O2S. The number of hydrogen-bond donors (Lipinski definition) is 2. The molecule has 26 heavy (non-hydrogen) atoms. The highest BCUT2D eigenvalue weighted by molar-refractivity contribution is 7.11. The predicted octanol–water partition coefficient (Wildman–Crippen LogP) is 2.79. The number of piperidine rings is 1. The Morgan fingerprint density at radius 3 is 2.85 bits per heavy atom. The second-order valence-electron chi connectivity index (χ2n) is 7.18. The Morgan fingerprint density at radius 2 is 2.15 bits per heavy atom. The molecule has 1 aliphatic rings. The van der Waals surface area contributed by atoms with Crippen molar-refractivity contribution in [2.45, 2.75) is 64.6 Å². The molecule has 1 saturated heterocycles. The van der Waals surface area contributed by atoms with Crippen LogP contribution in [0.4, 0.5) is 0 Å². The van der Waals surface area contributed by atoms with Crippen LogP contribution in [0.1, 0.15) is 79.6 Å². The third kappa shape index (κ3) is 3.65. The van der Waals surface area contributed by atoms with Gasteiger partial charge in [-0.05, 0) is 32.3 Å². The lowest BCUT2D eigenvalue weighted by molar-refractivity contribution is -0.124. The van der Waals surface area contributed by atoms with Crippen LogP contribution in [0.5, 0.6) is 0 Å². The minimum Gasteiger partial charge on any atom is -0.346 e. The van der Waals surface area contributed by atoms with Gasteiger partial charge in [-0.3, -0.25) is 14.3 Å². The summed E-state index contributed by atoms with van der Waals surface area (Å²) in [7, 11) is 0. The summed E-state index contributed by atoms with van der Waals surface area (Å²) < 4.78 is 1.89. The Balaban J connectivity index is 1.84. The van der Waals surface area contributed by atoms with Gasteiger partial charge in [0.05, 0.1) is 29.0 Å². The van der Waals surface area contributed by atoms with Crippen LogP contribution in [0.25, 0.3) is 0 Å². The minimum atomic E-state index is -0.291. The maximum atomic E-state index is 12.8. The molecule has 7 nitrogen and oxygen atoms in total. The zero-order chi connectivity index (χ0) is 18.8. The van der Waals surface area contributed by atoms with Gasteiger partial charge in [-0.15, -0.1) is 11.3 Å². The lowest BCUT2D eigenvalue weighted by Crippen LogP contribution is -2.50. The zero-order valence-electron chi connectivity index (χ0n) is 15.5. The van der Waals surface area contributed by atoms with Crippen LogP contribution in [0.15, 0.2) is 17.8 Å². The van der Waals surface area contributed by atoms with Crippen molar-refractivity contribution in [3.63, 3.8) is 0 Å². The average Bonchev–Trinajstić information content (AvgIpc) is 3.25. The number of hydrogen-bond acceptors (Lipinski definition) is 5. The highest BCUT2D eigenvalue weighted by Gasteiger charge is 2.34. The molecule has 0 spiro atoms. The van der Waals surface area contributed by atoms with Gasteiger partial charge in [0.2, 0.25) is 5.91 Å². The number of carbonyl (C=O) groups is 2. The maximum Gasteiger partial charge on any atom is 0.263 e. The summed E-state index contributed by atoms with van der Waals surface area (Å²) in [5, 5.41) is 10.5. The van der Waals surface area contributed by atoms with E-state index in [1.165, 1.54) is 11.3 Å². The zero-order valence-corrected chi connectivity index (χ0v) is 16.3. The van der Waals surface area contributed by atoms with Crippen molar-refractivity contribution in [1.29, 1.82) is 0 Å². The molecule has 8 heteroatoms. The molecule has 2 aromatic rings. The van der Waals surface area contributed by atoms with Crippen LogP contribution < -0.4 is 10.6 Å². The molecule has 2 aromatic heterocycles. The fraction of sp³-hybridized carbons (Fsp3) is 0.556. The molecule has 2 N–H and O–H groups in total. The molecule has 0 bridgehead atoms. The highest BCUT2D eigenvalue weighted by Crippen LogP contribution is 2.27. The van der Waals surface area contributed by atoms with Gasteiger partial charge in [-0.1, -0.05) is 13.8 Å². The molecule has 140 valence electrons. The summed E-state index contributed by atoms with van der Waals surface area (Å²) in [6.45, 7) is 8.13. The molecule has 2 atom stereocenters. The van der Waals surface area contributed by atoms with E-state index >= 15 is 0 Å². The Bertz CT molecular complexity index is 795. The quantitative estimate of drug-likeness (QED) is 0.841. The van der Waals surface area contributed by atoms with Crippen molar-refractivity contribution in [2.75, 3.05) is 0 Å². The standard InChI is InChI=1S/C18H25N5O2S/c1-10(2)15-17(26-9-19-15)18(25)21-12-5-6-14(24)22-16(12)13-7-8-20-23(13)11(3)4/h7-12,16H,5-6H2,1-4H3,(H,21,25)(H,22,24)/t12-,16-/m1/s1. The Hall–Kier alpha value is -2.22. The number of nitrogens with one attached hydrogen (secondary N) is 2. The van der Waals surface area contributed by atoms with Gasteiger partial charge >= 0.3 is 0 Å². The number of nitrogens with zero attached hydrogens (tertiary/aromatic N) is 3. The first-order valence-electron chi connectivity index (χ1n) is 8.95. The van der Waals surface area contributed by atoms with Gasteiger partial charge in [0, 0.05) is 18.7 Å². The first-order chi connectivity index (χ1) is 12.4. The van der Waals surface area contributed by atoms with E-state index in [1.807, 2.05) is 38.4 Å². The van der Waals surface area contributed by atoms with Crippen LogP contribution in [-0.2, 0) is 4.79 Å². The third-order valence-corrected chi connectivity index (χ3v) is 5.42. The number of rotatable bonds is 5. The second-order valence-corrected chi connectivity index (χ2v) is 8.03. The number of thiazole rings is 1. The molecule has 3 rings (SSSR count). The smallest absolute Gasteiger partial charge is 0.263 e. The van der Waals surface area contributed by atoms with E-state index < -0.39 is 0 Å². The molecule has 1 aliphatic heterocycles. The SMILES string of the molecule is CC(C)c1ncsc1C(=O)N[C@@H]1CCC(=O)N[C@H]1c1ccnn1C(C)C. The van der Waals surface area contributed by atoms with Gasteiger partial charge in [-0.25, -0.2) is 4.98 Å². The molecule has 0 aliphatic carbocycles. The molecule has 0 aromatic carbocycles. The summed E-state index contributed by atoms with van der Waals surface area (Å²) >= 11 is 1.35. The molecule has 0 unspecified atom stereocenters. The fourth-order valence-electron chi connectivity index (χ4n) is 3.31. The van der Waals surface area contributed by atoms with Crippen molar-refractivity contribution in [3.05, 3.63) is 34.0 Å². The van der Waals surface area contributed by atoms with Crippen molar-refractivity contribution in [3.8, 4) is 0 Å². The van der Waals surface area contributed by atoms with E-state index in [0.717, 1.165) is 11.4 Å². The Morgan fingerprint density at radius 1 is 1.38 bits per heavy atom. The van der Waals surface area contributed by atoms with E-state index in [0.29, 0.717) is 17.7 Å². The van der Waals surface area contributed by atoms with E-state index in [1.54, 1.807) is 11.7 Å². The molecule has 1 fully saturated rings. The highest BCUT2D eigenvalue weighted by atomic mass is 32.1. The van der Waals surface area contributed by atoms with Crippen molar-refractivity contribution in [1.82, 2.24) is 25.4 Å². The van der Waals surface area contributed by atoms with Crippen LogP contribution in [-0.4, -0.2) is 32.6 Å². The second kappa shape index (κ2) is 7.57. The van der Waals surface area contributed by atoms with Gasteiger partial charge in [0.25, 0.3) is 5.91 Å². The number of aromatic nitrogens is 3. The first-order valence-corrected chi connectivity index (χ1v) is 9.83. The number of amides is 2. The van der Waals surface area contributed by atoms with E-state index in [9.17, 15) is 9.59 Å². The predicted molar refractivity (Wildman–Crippen MR) is 100 cm³/mol. The Labute approximate surface area is 157 Å². The summed E-state index contributed by atoms with van der Waals surface area (Å²) in [5.74, 6) is 0.0573. The van der Waals surface area contributed by atoms with Gasteiger partial charge in [0.1, 0.15) is 4.88 Å². The van der Waals surface area contributed by atoms with E-state index in [-0.39, 0.29) is 35.9 Å². The summed E-state index contributed by atoms with van der Waals surface area (Å²) in [5.41, 5.74) is 3.43. The largest absolute Gasteiger partial charge is 0.346 e. The van der Waals surface area contributed by atoms with Crippen LogP contribution in [0.3, 0.4) is 0 Å². The van der Waals surface area contributed by atoms with Gasteiger partial charge in [0.15, 0.2) is 0 Å². The normalized spacial score (nSPS) is 20.5. The molecule has 0 saturated carbocycles. The third-order valence-electron chi connectivity index (χ3n) is 4.57. The summed E-state index contributed by atoms with van der Waals surface area (Å²) in [6, 6.07) is 1.60. The van der Waals surface area contributed by atoms with E-state index in [2.05, 4.69) is 20.7 Å². The molecular weight excluding hydrogens is 350 g/mol. The molecule has 0 radical (unpaired) electrons. The van der Waals surface area contributed by atoms with Crippen molar-refractivity contribution >= 4 is 23.2 Å². The fourth-order valence-corrected chi connectivity index (χ4v) is 4.15. The van der Waals surface area contributed by atoms with Crippen LogP contribution in [0.2, 0.25) is 0 Å². The monoisotopic (exact) mass is 375 g/mol. The topological polar surface area (TPSA) is 88.9 Å². The van der Waals surface area contributed by atoms with Gasteiger partial charge < -0.3 is 10.6 Å². The van der Waals surface area contributed by atoms with Gasteiger partial charge in [-0.2, -0.15) is 5.10 Å². The Kier molecular flexibility index (Phi) is 5.41. The summed E-state index contributed by atoms with van der Waals surface area (Å²) in [6.07, 6.45) is 2.73. The lowest BCUT2D eigenvalue weighted by Gasteiger charge is -2.33. The average molecular weight is 375 g/mol. The van der Waals surface area contributed by atoms with E-state index in [4.69, 9.17) is 0 Å². The maximum absolute atomic E-state index is 12.8. The molecule has 3 heterocycles. The lowest BCUT2D eigenvalue weighted by atomic mass is 9.94. The van der Waals surface area contributed by atoms with Crippen LogP contribution in [0, 0.1) is 0 Å². The molecule has 2 amide bonds. The van der Waals surface area contributed by atoms with Crippen LogP contribution >= 0.6 is 11.3 Å². The van der Waals surface area contributed by atoms with Crippen molar-refractivity contribution < 1.29 is 9.59 Å².